The summed E-state index contributed by atoms with van der Waals surface area (Å²) < 4.78 is 7.87. The lowest BCUT2D eigenvalue weighted by atomic mass is 9.81. The van der Waals surface area contributed by atoms with Crippen LogP contribution in [0.1, 0.15) is 101 Å². The maximum absolute atomic E-state index is 6.38. The molecule has 1 heterocycles. The molecule has 2 aliphatic carbocycles. The lowest BCUT2D eigenvalue weighted by Crippen LogP contribution is -2.25. The number of ether oxygens (including phenoxy) is 1. The smallest absolute Gasteiger partial charge is 0.0575 e. The number of hydrogen-bond acceptors (Lipinski definition) is 2. The van der Waals surface area contributed by atoms with Gasteiger partial charge in [-0.15, -0.1) is 11.3 Å². The quantitative estimate of drug-likeness (QED) is 0.422. The second-order valence-electron chi connectivity index (χ2n) is 9.75. The van der Waals surface area contributed by atoms with Crippen LogP contribution < -0.4 is 0 Å². The minimum absolute atomic E-state index is 0.556. The first-order chi connectivity index (χ1) is 14.2. The molecule has 0 unspecified atom stereocenters. The van der Waals surface area contributed by atoms with E-state index in [1.54, 1.807) is 4.88 Å². The van der Waals surface area contributed by atoms with Gasteiger partial charge in [0.1, 0.15) is 0 Å². The Hall–Kier alpha value is -0.860. The number of benzene rings is 1. The fraction of sp³-hybridized carbons (Fsp3) is 0.704. The normalized spacial score (nSPS) is 28.1. The van der Waals surface area contributed by atoms with Gasteiger partial charge in [-0.2, -0.15) is 0 Å². The lowest BCUT2D eigenvalue weighted by Gasteiger charge is -2.32. The maximum Gasteiger partial charge on any atom is 0.0575 e. The largest absolute Gasteiger partial charge is 0.378 e. The van der Waals surface area contributed by atoms with Crippen molar-refractivity contribution in [2.45, 2.75) is 103 Å². The van der Waals surface area contributed by atoms with Gasteiger partial charge >= 0.3 is 0 Å². The van der Waals surface area contributed by atoms with Gasteiger partial charge in [-0.3, -0.25) is 0 Å². The minimum atomic E-state index is 0.556. The van der Waals surface area contributed by atoms with Crippen LogP contribution in [0.5, 0.6) is 0 Å². The number of thiophene rings is 1. The molecule has 29 heavy (non-hydrogen) atoms. The molecule has 160 valence electrons. The Morgan fingerprint density at radius 1 is 0.862 bits per heavy atom. The van der Waals surface area contributed by atoms with Crippen molar-refractivity contribution in [2.24, 2.45) is 11.8 Å². The van der Waals surface area contributed by atoms with Gasteiger partial charge in [-0.1, -0.05) is 45.2 Å². The first-order valence-corrected chi connectivity index (χ1v) is 13.2. The third-order valence-corrected chi connectivity index (χ3v) is 8.71. The maximum atomic E-state index is 6.38. The van der Waals surface area contributed by atoms with Gasteiger partial charge in [0.05, 0.1) is 6.10 Å². The molecule has 1 nitrogen and oxygen atoms in total. The fourth-order valence-corrected chi connectivity index (χ4v) is 6.92. The second kappa shape index (κ2) is 10.4. The van der Waals surface area contributed by atoms with Crippen molar-refractivity contribution >= 4 is 21.4 Å². The Morgan fingerprint density at radius 2 is 1.62 bits per heavy atom. The summed E-state index contributed by atoms with van der Waals surface area (Å²) in [6.07, 6.45) is 16.6. The first-order valence-electron chi connectivity index (χ1n) is 12.4. The highest BCUT2D eigenvalue weighted by Crippen LogP contribution is 2.41. The Kier molecular flexibility index (Phi) is 7.70. The number of aryl methyl sites for hydroxylation is 1. The monoisotopic (exact) mass is 412 g/mol. The zero-order valence-electron chi connectivity index (χ0n) is 18.6. The molecule has 0 N–H and O–H groups in total. The summed E-state index contributed by atoms with van der Waals surface area (Å²) in [5.41, 5.74) is 1.50. The van der Waals surface area contributed by atoms with Crippen molar-refractivity contribution in [3.63, 3.8) is 0 Å². The highest BCUT2D eigenvalue weighted by atomic mass is 32.1. The minimum Gasteiger partial charge on any atom is -0.378 e. The first kappa shape index (κ1) is 21.4. The van der Waals surface area contributed by atoms with Crippen molar-refractivity contribution in [3.8, 4) is 0 Å². The zero-order valence-corrected chi connectivity index (χ0v) is 19.4. The molecule has 0 radical (unpaired) electrons. The summed E-state index contributed by atoms with van der Waals surface area (Å²) in [5.74, 6) is 2.56. The van der Waals surface area contributed by atoms with Crippen LogP contribution in [0.15, 0.2) is 24.3 Å². The van der Waals surface area contributed by atoms with E-state index in [1.165, 1.54) is 92.7 Å². The van der Waals surface area contributed by atoms with Gasteiger partial charge in [0.15, 0.2) is 0 Å². The van der Waals surface area contributed by atoms with Gasteiger partial charge in [-0.05, 0) is 98.6 Å². The molecular weight excluding hydrogens is 372 g/mol. The van der Waals surface area contributed by atoms with Crippen LogP contribution in [0.4, 0.5) is 0 Å². The Bertz CT molecular complexity index is 747. The van der Waals surface area contributed by atoms with Crippen molar-refractivity contribution in [2.75, 3.05) is 6.61 Å². The molecule has 4 rings (SSSR count). The van der Waals surface area contributed by atoms with Gasteiger partial charge in [-0.25, -0.2) is 0 Å². The lowest BCUT2D eigenvalue weighted by molar-refractivity contribution is -0.00830. The van der Waals surface area contributed by atoms with E-state index in [4.69, 9.17) is 4.74 Å². The average molecular weight is 413 g/mol. The van der Waals surface area contributed by atoms with Gasteiger partial charge in [0, 0.05) is 16.2 Å². The second-order valence-corrected chi connectivity index (χ2v) is 10.9. The average Bonchev–Trinajstić information content (AvgIpc) is 3.18. The van der Waals surface area contributed by atoms with E-state index in [0.29, 0.717) is 6.10 Å². The third-order valence-electron chi connectivity index (χ3n) is 7.45. The molecule has 0 atom stereocenters. The molecular formula is C27H40OS. The zero-order chi connectivity index (χ0) is 20.1. The van der Waals surface area contributed by atoms with Crippen LogP contribution in [0.3, 0.4) is 0 Å². The molecule has 1 aromatic heterocycles. The van der Waals surface area contributed by atoms with Crippen LogP contribution in [-0.4, -0.2) is 12.7 Å². The molecule has 1 aromatic carbocycles. The summed E-state index contributed by atoms with van der Waals surface area (Å²) in [6.45, 7) is 5.60. The van der Waals surface area contributed by atoms with E-state index in [1.807, 2.05) is 0 Å². The summed E-state index contributed by atoms with van der Waals surface area (Å²) in [6, 6.07) is 9.58. The van der Waals surface area contributed by atoms with Crippen LogP contribution in [0.25, 0.3) is 10.1 Å². The molecule has 0 amide bonds. The molecule has 2 heteroatoms. The van der Waals surface area contributed by atoms with Crippen molar-refractivity contribution in [1.29, 1.82) is 0 Å². The van der Waals surface area contributed by atoms with Crippen molar-refractivity contribution in [1.82, 2.24) is 0 Å². The Balaban J connectivity index is 1.23. The van der Waals surface area contributed by atoms with Crippen molar-refractivity contribution in [3.05, 3.63) is 34.7 Å². The van der Waals surface area contributed by atoms with E-state index in [0.717, 1.165) is 24.4 Å². The Labute approximate surface area is 182 Å². The Morgan fingerprint density at radius 3 is 2.34 bits per heavy atom. The highest BCUT2D eigenvalue weighted by Gasteiger charge is 2.26. The summed E-state index contributed by atoms with van der Waals surface area (Å²) in [4.78, 5) is 1.63. The van der Waals surface area contributed by atoms with E-state index in [2.05, 4.69) is 49.4 Å². The van der Waals surface area contributed by atoms with Crippen LogP contribution in [0.2, 0.25) is 0 Å². The number of fused-ring (bicyclic) bond motifs is 1. The van der Waals surface area contributed by atoms with Crippen LogP contribution in [0, 0.1) is 11.8 Å². The predicted octanol–water partition coefficient (Wildman–Crippen LogP) is 8.50. The highest BCUT2D eigenvalue weighted by molar-refractivity contribution is 7.19. The predicted molar refractivity (Wildman–Crippen MR) is 127 cm³/mol. The standard InChI is InChI=1S/C27H40OS/c1-3-5-20-10-15-25(16-11-20)28-19-22-8-12-23(13-9-22)27-18-24-14-7-21(6-4-2)17-26(24)29-27/h7,14,17-18,20,22-23,25H,3-6,8-13,15-16,19H2,1-2H3. The number of hydrogen-bond donors (Lipinski definition) is 0. The third kappa shape index (κ3) is 5.64. The molecule has 2 saturated carbocycles. The topological polar surface area (TPSA) is 9.23 Å². The van der Waals surface area contributed by atoms with Gasteiger partial charge in [0.25, 0.3) is 0 Å². The molecule has 2 aromatic rings. The van der Waals surface area contributed by atoms with Gasteiger partial charge < -0.3 is 4.74 Å². The van der Waals surface area contributed by atoms with E-state index in [-0.39, 0.29) is 0 Å². The molecule has 0 spiro atoms. The molecule has 2 fully saturated rings. The van der Waals surface area contributed by atoms with Crippen molar-refractivity contribution < 1.29 is 4.74 Å². The summed E-state index contributed by atoms with van der Waals surface area (Å²) in [5, 5.41) is 1.45. The summed E-state index contributed by atoms with van der Waals surface area (Å²) >= 11 is 2.05. The summed E-state index contributed by atoms with van der Waals surface area (Å²) in [7, 11) is 0. The number of rotatable bonds is 8. The molecule has 0 aliphatic heterocycles. The van der Waals surface area contributed by atoms with E-state index in [9.17, 15) is 0 Å². The molecule has 2 aliphatic rings. The molecule has 0 saturated heterocycles. The SMILES string of the molecule is CCCc1ccc2cc(C3CCC(COC4CCC(CCC)CC4)CC3)sc2c1. The van der Waals surface area contributed by atoms with Crippen LogP contribution in [-0.2, 0) is 11.2 Å². The fourth-order valence-electron chi connectivity index (χ4n) is 5.62. The molecule has 0 bridgehead atoms. The van der Waals surface area contributed by atoms with Gasteiger partial charge in [0.2, 0.25) is 0 Å². The van der Waals surface area contributed by atoms with Crippen LogP contribution >= 0.6 is 11.3 Å². The van der Waals surface area contributed by atoms with E-state index >= 15 is 0 Å². The van der Waals surface area contributed by atoms with E-state index < -0.39 is 0 Å².